The summed E-state index contributed by atoms with van der Waals surface area (Å²) in [6.45, 7) is 2.70. The van der Waals surface area contributed by atoms with E-state index in [1.165, 1.54) is 15.6 Å². The Morgan fingerprint density at radius 1 is 1.03 bits per heavy atom. The number of pyridine rings is 1. The number of carbonyl (C=O) groups excluding carboxylic acids is 1. The summed E-state index contributed by atoms with van der Waals surface area (Å²) in [6, 6.07) is 16.0. The molecule has 5 rings (SSSR count). The number of sulfonamides is 1. The van der Waals surface area contributed by atoms with E-state index in [0.717, 1.165) is 16.0 Å². The monoisotopic (exact) mass is 566 g/mol. The fourth-order valence-corrected chi connectivity index (χ4v) is 7.25. The number of nitrogens with zero attached hydrogens (tertiary/aromatic N) is 4. The summed E-state index contributed by atoms with van der Waals surface area (Å²) in [4.78, 5) is 25.1. The maximum atomic E-state index is 14.0. The summed E-state index contributed by atoms with van der Waals surface area (Å²) >= 11 is 1.36. The maximum absolute atomic E-state index is 14.0. The first-order valence-corrected chi connectivity index (χ1v) is 14.9. The molecule has 2 aromatic carbocycles. The summed E-state index contributed by atoms with van der Waals surface area (Å²) in [7, 11) is -0.449. The number of ether oxygens (including phenoxy) is 2. The van der Waals surface area contributed by atoms with Crippen LogP contribution in [0.4, 0.5) is 5.13 Å². The molecule has 2 aromatic heterocycles. The second kappa shape index (κ2) is 11.3. The van der Waals surface area contributed by atoms with Gasteiger partial charge in [0, 0.05) is 25.2 Å². The lowest BCUT2D eigenvalue weighted by Crippen LogP contribution is -2.44. The molecule has 4 aromatic rings. The highest BCUT2D eigenvalue weighted by Gasteiger charge is 2.35. The lowest BCUT2D eigenvalue weighted by Gasteiger charge is -2.33. The highest BCUT2D eigenvalue weighted by molar-refractivity contribution is 7.89. The van der Waals surface area contributed by atoms with Crippen molar-refractivity contribution in [1.29, 1.82) is 0 Å². The fraction of sp³-hybridized carbons (Fsp3) is 0.321. The highest BCUT2D eigenvalue weighted by Crippen LogP contribution is 2.41. The van der Waals surface area contributed by atoms with Gasteiger partial charge in [-0.1, -0.05) is 35.1 Å². The molecule has 0 saturated carbocycles. The molecule has 0 atom stereocenters. The first-order chi connectivity index (χ1) is 18.8. The van der Waals surface area contributed by atoms with Crippen LogP contribution < -0.4 is 14.4 Å². The van der Waals surface area contributed by atoms with Gasteiger partial charge >= 0.3 is 0 Å². The number of hydrogen-bond donors (Lipinski definition) is 0. The van der Waals surface area contributed by atoms with Gasteiger partial charge in [-0.05, 0) is 56.2 Å². The number of anilines is 1. The van der Waals surface area contributed by atoms with E-state index in [0.29, 0.717) is 35.0 Å². The second-order valence-electron chi connectivity index (χ2n) is 9.38. The molecule has 1 aliphatic heterocycles. The number of benzene rings is 2. The van der Waals surface area contributed by atoms with E-state index in [1.54, 1.807) is 55.6 Å². The van der Waals surface area contributed by atoms with Crippen molar-refractivity contribution in [2.24, 2.45) is 5.92 Å². The van der Waals surface area contributed by atoms with Crippen LogP contribution in [0, 0.1) is 12.8 Å². The first kappa shape index (κ1) is 27.0. The van der Waals surface area contributed by atoms with Crippen LogP contribution in [0.15, 0.2) is 65.7 Å². The first-order valence-electron chi connectivity index (χ1n) is 12.6. The maximum Gasteiger partial charge on any atom is 0.243 e. The van der Waals surface area contributed by atoms with E-state index < -0.39 is 10.0 Å². The number of fused-ring (bicyclic) bond motifs is 1. The Morgan fingerprint density at radius 2 is 1.72 bits per heavy atom. The molecular formula is C28H30N4O5S2. The standard InChI is InChI=1S/C28H30N4O5S2/c1-19-7-9-22(10-8-19)39(34,35)31-16-13-20(14-17-31)27(33)32(18-21-6-4-5-15-29-21)28-30-25-23(36-2)11-12-24(37-3)26(25)38-28/h4-12,15,20H,13-14,16-18H2,1-3H3. The normalized spacial score (nSPS) is 14.8. The van der Waals surface area contributed by atoms with Crippen LogP contribution in [0.5, 0.6) is 11.5 Å². The highest BCUT2D eigenvalue weighted by atomic mass is 32.2. The Bertz CT molecular complexity index is 1520. The zero-order valence-electron chi connectivity index (χ0n) is 22.0. The van der Waals surface area contributed by atoms with Gasteiger partial charge in [0.1, 0.15) is 21.7 Å². The van der Waals surface area contributed by atoms with Crippen molar-refractivity contribution in [2.75, 3.05) is 32.2 Å². The molecule has 0 N–H and O–H groups in total. The largest absolute Gasteiger partial charge is 0.495 e. The fourth-order valence-electron chi connectivity index (χ4n) is 4.71. The molecule has 0 spiro atoms. The van der Waals surface area contributed by atoms with Crippen LogP contribution in [-0.4, -0.2) is 55.9 Å². The van der Waals surface area contributed by atoms with Crippen molar-refractivity contribution in [1.82, 2.24) is 14.3 Å². The molecule has 0 bridgehead atoms. The molecule has 0 unspecified atom stereocenters. The number of aromatic nitrogens is 2. The smallest absolute Gasteiger partial charge is 0.243 e. The van der Waals surface area contributed by atoms with Crippen LogP contribution in [0.1, 0.15) is 24.1 Å². The molecule has 9 nitrogen and oxygen atoms in total. The molecule has 204 valence electrons. The third-order valence-corrected chi connectivity index (χ3v) is 9.91. The molecule has 11 heteroatoms. The van der Waals surface area contributed by atoms with E-state index in [4.69, 9.17) is 14.5 Å². The lowest BCUT2D eigenvalue weighted by atomic mass is 9.96. The average molecular weight is 567 g/mol. The van der Waals surface area contributed by atoms with Gasteiger partial charge in [-0.15, -0.1) is 0 Å². The van der Waals surface area contributed by atoms with Gasteiger partial charge in [0.05, 0.1) is 31.4 Å². The molecule has 1 fully saturated rings. The number of hydrogen-bond acceptors (Lipinski definition) is 8. The number of amides is 1. The number of carbonyl (C=O) groups is 1. The number of piperidine rings is 1. The van der Waals surface area contributed by atoms with Crippen LogP contribution in [0.25, 0.3) is 10.2 Å². The van der Waals surface area contributed by atoms with E-state index in [2.05, 4.69) is 4.98 Å². The van der Waals surface area contributed by atoms with Gasteiger partial charge in [0.2, 0.25) is 15.9 Å². The summed E-state index contributed by atoms with van der Waals surface area (Å²) in [5, 5.41) is 0.512. The van der Waals surface area contributed by atoms with Crippen molar-refractivity contribution < 1.29 is 22.7 Å². The minimum atomic E-state index is -3.62. The van der Waals surface area contributed by atoms with Crippen molar-refractivity contribution >= 4 is 42.6 Å². The zero-order chi connectivity index (χ0) is 27.6. The molecular weight excluding hydrogens is 536 g/mol. The Balaban J connectivity index is 1.42. The SMILES string of the molecule is COc1ccc(OC)c2sc(N(Cc3ccccn3)C(=O)C3CCN(S(=O)(=O)c4ccc(C)cc4)CC3)nc12. The Labute approximate surface area is 232 Å². The number of aryl methyl sites for hydroxylation is 1. The molecule has 1 aliphatic rings. The topological polar surface area (TPSA) is 102 Å². The third kappa shape index (κ3) is 5.47. The van der Waals surface area contributed by atoms with Crippen molar-refractivity contribution in [2.45, 2.75) is 31.2 Å². The van der Waals surface area contributed by atoms with Crippen LogP contribution in [-0.2, 0) is 21.4 Å². The summed E-state index contributed by atoms with van der Waals surface area (Å²) in [5.41, 5.74) is 2.34. The van der Waals surface area contributed by atoms with Gasteiger partial charge in [-0.25, -0.2) is 13.4 Å². The van der Waals surface area contributed by atoms with E-state index in [1.807, 2.05) is 31.2 Å². The van der Waals surface area contributed by atoms with Crippen LogP contribution >= 0.6 is 11.3 Å². The van der Waals surface area contributed by atoms with Crippen LogP contribution in [0.3, 0.4) is 0 Å². The predicted octanol–water partition coefficient (Wildman–Crippen LogP) is 4.65. The summed E-state index contributed by atoms with van der Waals surface area (Å²) in [6.07, 6.45) is 2.52. The minimum Gasteiger partial charge on any atom is -0.495 e. The van der Waals surface area contributed by atoms with E-state index >= 15 is 0 Å². The molecule has 0 aliphatic carbocycles. The molecule has 3 heterocycles. The molecule has 39 heavy (non-hydrogen) atoms. The summed E-state index contributed by atoms with van der Waals surface area (Å²) < 4.78 is 39.7. The number of rotatable bonds is 8. The third-order valence-electron chi connectivity index (χ3n) is 6.90. The Kier molecular flexibility index (Phi) is 7.83. The molecule has 0 radical (unpaired) electrons. The second-order valence-corrected chi connectivity index (χ2v) is 12.3. The molecule has 1 amide bonds. The van der Waals surface area contributed by atoms with Gasteiger partial charge in [-0.2, -0.15) is 4.31 Å². The van der Waals surface area contributed by atoms with E-state index in [-0.39, 0.29) is 36.4 Å². The van der Waals surface area contributed by atoms with Gasteiger partial charge in [0.15, 0.2) is 5.13 Å². The minimum absolute atomic E-state index is 0.106. The zero-order valence-corrected chi connectivity index (χ0v) is 23.7. The predicted molar refractivity (Wildman–Crippen MR) is 151 cm³/mol. The van der Waals surface area contributed by atoms with Crippen molar-refractivity contribution in [3.05, 3.63) is 72.1 Å². The van der Waals surface area contributed by atoms with Gasteiger partial charge in [0.25, 0.3) is 0 Å². The van der Waals surface area contributed by atoms with E-state index in [9.17, 15) is 13.2 Å². The number of thiazole rings is 1. The Morgan fingerprint density at radius 3 is 2.36 bits per heavy atom. The average Bonchev–Trinajstić information content (AvgIpc) is 3.41. The number of methoxy groups -OCH3 is 2. The quantitative estimate of drug-likeness (QED) is 0.306. The lowest BCUT2D eigenvalue weighted by molar-refractivity contribution is -0.123. The van der Waals surface area contributed by atoms with Crippen LogP contribution in [0.2, 0.25) is 0 Å². The Hall–Kier alpha value is -3.54. The molecule has 1 saturated heterocycles. The summed E-state index contributed by atoms with van der Waals surface area (Å²) in [5.74, 6) is 0.779. The van der Waals surface area contributed by atoms with Gasteiger partial charge < -0.3 is 9.47 Å². The van der Waals surface area contributed by atoms with Crippen molar-refractivity contribution in [3.8, 4) is 11.5 Å². The van der Waals surface area contributed by atoms with Crippen molar-refractivity contribution in [3.63, 3.8) is 0 Å². The van der Waals surface area contributed by atoms with Gasteiger partial charge in [-0.3, -0.25) is 14.7 Å².